The number of thiophene rings is 1. The second-order valence-electron chi connectivity index (χ2n) is 4.64. The summed E-state index contributed by atoms with van der Waals surface area (Å²) in [6, 6.07) is 4.56. The van der Waals surface area contributed by atoms with Crippen molar-refractivity contribution in [3.8, 4) is 0 Å². The van der Waals surface area contributed by atoms with Gasteiger partial charge in [0.05, 0.1) is 6.54 Å². The van der Waals surface area contributed by atoms with Crippen LogP contribution in [0, 0.1) is 0 Å². The fourth-order valence-corrected chi connectivity index (χ4v) is 2.98. The van der Waals surface area contributed by atoms with Crippen molar-refractivity contribution < 1.29 is 4.79 Å². The van der Waals surface area contributed by atoms with Crippen molar-refractivity contribution in [3.63, 3.8) is 0 Å². The van der Waals surface area contributed by atoms with Gasteiger partial charge < -0.3 is 10.2 Å². The molecule has 1 aromatic heterocycles. The number of carbonyl (C=O) groups excluding carboxylic acids is 1. The smallest absolute Gasteiger partial charge is 0.317 e. The predicted molar refractivity (Wildman–Crippen MR) is 71.2 cm³/mol. The van der Waals surface area contributed by atoms with Crippen LogP contribution >= 0.6 is 11.3 Å². The van der Waals surface area contributed by atoms with E-state index in [2.05, 4.69) is 5.32 Å². The molecule has 1 aliphatic rings. The minimum atomic E-state index is 0.0605. The lowest BCUT2D eigenvalue weighted by Gasteiger charge is -2.31. The Morgan fingerprint density at radius 1 is 1.47 bits per heavy atom. The molecule has 2 rings (SSSR count). The van der Waals surface area contributed by atoms with Crippen LogP contribution in [0.3, 0.4) is 0 Å². The summed E-state index contributed by atoms with van der Waals surface area (Å²) in [6.45, 7) is 0.646. The summed E-state index contributed by atoms with van der Waals surface area (Å²) in [6.07, 6.45) is 6.15. The molecular weight excluding hydrogens is 232 g/mol. The predicted octanol–water partition coefficient (Wildman–Crippen LogP) is 3.22. The van der Waals surface area contributed by atoms with Crippen LogP contribution in [0.1, 0.15) is 37.0 Å². The molecular formula is C13H20N2OS. The minimum Gasteiger partial charge on any atom is -0.333 e. The summed E-state index contributed by atoms with van der Waals surface area (Å²) in [7, 11) is 1.92. The van der Waals surface area contributed by atoms with Crippen molar-refractivity contribution in [2.24, 2.45) is 0 Å². The molecule has 2 amide bonds. The van der Waals surface area contributed by atoms with Gasteiger partial charge in [0.15, 0.2) is 0 Å². The molecule has 3 nitrogen and oxygen atoms in total. The molecule has 0 bridgehead atoms. The molecule has 0 unspecified atom stereocenters. The van der Waals surface area contributed by atoms with Crippen LogP contribution < -0.4 is 5.32 Å². The Kier molecular flexibility index (Phi) is 4.42. The van der Waals surface area contributed by atoms with Gasteiger partial charge in [0.2, 0.25) is 0 Å². The first-order chi connectivity index (χ1) is 8.27. The van der Waals surface area contributed by atoms with E-state index in [1.165, 1.54) is 24.1 Å². The first-order valence-electron chi connectivity index (χ1n) is 6.30. The number of nitrogens with zero attached hydrogens (tertiary/aromatic N) is 1. The van der Waals surface area contributed by atoms with Crippen LogP contribution in [0.4, 0.5) is 4.79 Å². The van der Waals surface area contributed by atoms with E-state index in [-0.39, 0.29) is 6.03 Å². The van der Waals surface area contributed by atoms with E-state index in [9.17, 15) is 4.79 Å². The Bertz CT molecular complexity index is 344. The fraction of sp³-hybridized carbons (Fsp3) is 0.615. The second kappa shape index (κ2) is 6.05. The number of urea groups is 1. The molecule has 1 heterocycles. The summed E-state index contributed by atoms with van der Waals surface area (Å²) in [4.78, 5) is 15.0. The zero-order valence-corrected chi connectivity index (χ0v) is 11.1. The van der Waals surface area contributed by atoms with Crippen LogP contribution in [-0.2, 0) is 6.54 Å². The molecule has 17 heavy (non-hydrogen) atoms. The quantitative estimate of drug-likeness (QED) is 0.880. The minimum absolute atomic E-state index is 0.0605. The summed E-state index contributed by atoms with van der Waals surface area (Å²) in [5.74, 6) is 0. The Morgan fingerprint density at radius 3 is 2.88 bits per heavy atom. The number of rotatable bonds is 3. The molecule has 1 N–H and O–H groups in total. The van der Waals surface area contributed by atoms with Gasteiger partial charge >= 0.3 is 6.03 Å². The van der Waals surface area contributed by atoms with Gasteiger partial charge in [-0.25, -0.2) is 4.79 Å². The lowest BCUT2D eigenvalue weighted by molar-refractivity contribution is 0.173. The SMILES string of the molecule is CN(C(=O)NCc1cccs1)C1CCCCC1. The van der Waals surface area contributed by atoms with E-state index in [1.807, 2.05) is 29.5 Å². The number of carbonyl (C=O) groups is 1. The molecule has 0 radical (unpaired) electrons. The topological polar surface area (TPSA) is 32.3 Å². The molecule has 4 heteroatoms. The van der Waals surface area contributed by atoms with Gasteiger partial charge in [-0.2, -0.15) is 0 Å². The van der Waals surface area contributed by atoms with E-state index in [0.717, 1.165) is 12.8 Å². The third-order valence-corrected chi connectivity index (χ3v) is 4.31. The van der Waals surface area contributed by atoms with E-state index < -0.39 is 0 Å². The zero-order valence-electron chi connectivity index (χ0n) is 10.3. The monoisotopic (exact) mass is 252 g/mol. The standard InChI is InChI=1S/C13H20N2OS/c1-15(11-6-3-2-4-7-11)13(16)14-10-12-8-5-9-17-12/h5,8-9,11H,2-4,6-7,10H2,1H3,(H,14,16). The van der Waals surface area contributed by atoms with Crippen molar-refractivity contribution >= 4 is 17.4 Å². The van der Waals surface area contributed by atoms with Crippen LogP contribution in [0.25, 0.3) is 0 Å². The van der Waals surface area contributed by atoms with Crippen LogP contribution in [0.5, 0.6) is 0 Å². The maximum Gasteiger partial charge on any atom is 0.317 e. The third kappa shape index (κ3) is 3.46. The highest BCUT2D eigenvalue weighted by molar-refractivity contribution is 7.09. The third-order valence-electron chi connectivity index (χ3n) is 3.44. The summed E-state index contributed by atoms with van der Waals surface area (Å²) < 4.78 is 0. The highest BCUT2D eigenvalue weighted by Gasteiger charge is 2.21. The van der Waals surface area contributed by atoms with Gasteiger partial charge in [0, 0.05) is 18.0 Å². The lowest BCUT2D eigenvalue weighted by atomic mass is 9.95. The maximum atomic E-state index is 12.0. The van der Waals surface area contributed by atoms with Crippen molar-refractivity contribution in [1.82, 2.24) is 10.2 Å². The second-order valence-corrected chi connectivity index (χ2v) is 5.67. The van der Waals surface area contributed by atoms with Gasteiger partial charge in [-0.3, -0.25) is 0 Å². The van der Waals surface area contributed by atoms with E-state index in [4.69, 9.17) is 0 Å². The van der Waals surface area contributed by atoms with Crippen molar-refractivity contribution in [2.45, 2.75) is 44.7 Å². The summed E-state index contributed by atoms with van der Waals surface area (Å²) in [5.41, 5.74) is 0. The number of nitrogens with one attached hydrogen (secondary N) is 1. The Balaban J connectivity index is 1.78. The normalized spacial score (nSPS) is 16.8. The molecule has 1 fully saturated rings. The first kappa shape index (κ1) is 12.4. The Hall–Kier alpha value is -1.03. The molecule has 0 saturated heterocycles. The number of hydrogen-bond donors (Lipinski definition) is 1. The molecule has 1 aliphatic carbocycles. The molecule has 94 valence electrons. The average molecular weight is 252 g/mol. The fourth-order valence-electron chi connectivity index (χ4n) is 2.33. The maximum absolute atomic E-state index is 12.0. The molecule has 0 spiro atoms. The molecule has 0 aromatic carbocycles. The summed E-state index contributed by atoms with van der Waals surface area (Å²) >= 11 is 1.68. The largest absolute Gasteiger partial charge is 0.333 e. The highest BCUT2D eigenvalue weighted by Crippen LogP contribution is 2.21. The van der Waals surface area contributed by atoms with E-state index in [1.54, 1.807) is 11.3 Å². The van der Waals surface area contributed by atoms with Gasteiger partial charge in [0.25, 0.3) is 0 Å². The molecule has 0 aliphatic heterocycles. The van der Waals surface area contributed by atoms with E-state index in [0.29, 0.717) is 12.6 Å². The van der Waals surface area contributed by atoms with Crippen LogP contribution in [0.2, 0.25) is 0 Å². The van der Waals surface area contributed by atoms with Crippen LogP contribution in [0.15, 0.2) is 17.5 Å². The summed E-state index contributed by atoms with van der Waals surface area (Å²) in [5, 5.41) is 5.01. The van der Waals surface area contributed by atoms with Gasteiger partial charge in [-0.1, -0.05) is 25.3 Å². The first-order valence-corrected chi connectivity index (χ1v) is 7.18. The molecule has 0 atom stereocenters. The van der Waals surface area contributed by atoms with Crippen molar-refractivity contribution in [3.05, 3.63) is 22.4 Å². The Morgan fingerprint density at radius 2 is 2.24 bits per heavy atom. The number of hydrogen-bond acceptors (Lipinski definition) is 2. The van der Waals surface area contributed by atoms with Crippen molar-refractivity contribution in [1.29, 1.82) is 0 Å². The van der Waals surface area contributed by atoms with Crippen molar-refractivity contribution in [2.75, 3.05) is 7.05 Å². The zero-order chi connectivity index (χ0) is 12.1. The van der Waals surface area contributed by atoms with Gasteiger partial charge in [-0.15, -0.1) is 11.3 Å². The van der Waals surface area contributed by atoms with Gasteiger partial charge in [-0.05, 0) is 24.3 Å². The highest BCUT2D eigenvalue weighted by atomic mass is 32.1. The molecule has 1 aromatic rings. The van der Waals surface area contributed by atoms with Crippen LogP contribution in [-0.4, -0.2) is 24.0 Å². The molecule has 1 saturated carbocycles. The number of amides is 2. The lowest BCUT2D eigenvalue weighted by Crippen LogP contribution is -2.44. The van der Waals surface area contributed by atoms with Gasteiger partial charge in [0.1, 0.15) is 0 Å². The Labute approximate surface area is 107 Å². The van der Waals surface area contributed by atoms with E-state index >= 15 is 0 Å². The average Bonchev–Trinajstić information content (AvgIpc) is 2.89.